The summed E-state index contributed by atoms with van der Waals surface area (Å²) >= 11 is 0. The molecule has 5 heteroatoms. The van der Waals surface area contributed by atoms with E-state index in [0.29, 0.717) is 43.7 Å². The first-order chi connectivity index (χ1) is 11.1. The Morgan fingerprint density at radius 1 is 1.35 bits per heavy atom. The minimum Gasteiger partial charge on any atom is -0.489 e. The number of nitrogens with one attached hydrogen (secondary N) is 1. The molecule has 5 nitrogen and oxygen atoms in total. The van der Waals surface area contributed by atoms with Gasteiger partial charge in [0.15, 0.2) is 0 Å². The fraction of sp³-hybridized carbons (Fsp3) is 0.500. The van der Waals surface area contributed by atoms with Crippen LogP contribution in [-0.2, 0) is 4.74 Å². The van der Waals surface area contributed by atoms with Gasteiger partial charge in [-0.1, -0.05) is 38.1 Å². The summed E-state index contributed by atoms with van der Waals surface area (Å²) in [5.74, 6) is 1.05. The minimum atomic E-state index is -0.102. The third-order valence-corrected chi connectivity index (χ3v) is 3.76. The number of carbonyl (C=O) groups excluding carboxylic acids is 1. The molecule has 0 unspecified atom stereocenters. The normalized spacial score (nSPS) is 16.9. The summed E-state index contributed by atoms with van der Waals surface area (Å²) < 4.78 is 11.0. The smallest absolute Gasteiger partial charge is 0.322 e. The Morgan fingerprint density at radius 3 is 2.87 bits per heavy atom. The van der Waals surface area contributed by atoms with Crippen molar-refractivity contribution >= 4 is 11.7 Å². The number of ether oxygens (including phenoxy) is 2. The highest BCUT2D eigenvalue weighted by atomic mass is 16.5. The lowest BCUT2D eigenvalue weighted by molar-refractivity contribution is 0.110. The van der Waals surface area contributed by atoms with E-state index >= 15 is 0 Å². The van der Waals surface area contributed by atoms with Gasteiger partial charge >= 0.3 is 6.03 Å². The molecule has 1 N–H and O–H groups in total. The third-order valence-electron chi connectivity index (χ3n) is 3.76. The van der Waals surface area contributed by atoms with E-state index < -0.39 is 0 Å². The maximum atomic E-state index is 12.6. The summed E-state index contributed by atoms with van der Waals surface area (Å²) in [5, 5.41) is 2.96. The molecule has 0 aliphatic carbocycles. The Kier molecular flexibility index (Phi) is 6.47. The van der Waals surface area contributed by atoms with Gasteiger partial charge < -0.3 is 19.7 Å². The number of benzene rings is 1. The van der Waals surface area contributed by atoms with Crippen LogP contribution >= 0.6 is 0 Å². The highest BCUT2D eigenvalue weighted by Crippen LogP contribution is 2.25. The number of amides is 2. The van der Waals surface area contributed by atoms with Gasteiger partial charge in [0.25, 0.3) is 0 Å². The van der Waals surface area contributed by atoms with Crippen molar-refractivity contribution in [3.63, 3.8) is 0 Å². The predicted octanol–water partition coefficient (Wildman–Crippen LogP) is 3.53. The summed E-state index contributed by atoms with van der Waals surface area (Å²) in [4.78, 5) is 14.4. The Bertz CT molecular complexity index is 543. The molecule has 0 saturated carbocycles. The van der Waals surface area contributed by atoms with Crippen LogP contribution in [0.15, 0.2) is 36.4 Å². The molecule has 0 spiro atoms. The van der Waals surface area contributed by atoms with Crippen LogP contribution in [0.25, 0.3) is 0 Å². The lowest BCUT2D eigenvalue weighted by Crippen LogP contribution is -2.41. The molecule has 0 saturated heterocycles. The van der Waals surface area contributed by atoms with Crippen molar-refractivity contribution in [1.29, 1.82) is 0 Å². The Morgan fingerprint density at radius 2 is 2.13 bits per heavy atom. The lowest BCUT2D eigenvalue weighted by Gasteiger charge is -2.28. The molecular formula is C18H26N2O3. The van der Waals surface area contributed by atoms with Gasteiger partial charge in [0, 0.05) is 13.2 Å². The van der Waals surface area contributed by atoms with E-state index in [1.165, 1.54) is 0 Å². The first kappa shape index (κ1) is 17.3. The Balaban J connectivity index is 1.98. The van der Waals surface area contributed by atoms with Crippen molar-refractivity contribution in [2.75, 3.05) is 31.7 Å². The van der Waals surface area contributed by atoms with Crippen LogP contribution in [-0.4, -0.2) is 43.3 Å². The monoisotopic (exact) mass is 318 g/mol. The topological polar surface area (TPSA) is 50.8 Å². The zero-order valence-corrected chi connectivity index (χ0v) is 14.1. The molecule has 1 aliphatic heterocycles. The van der Waals surface area contributed by atoms with Gasteiger partial charge in [0.2, 0.25) is 0 Å². The third kappa shape index (κ3) is 4.73. The molecule has 2 rings (SSSR count). The van der Waals surface area contributed by atoms with Crippen molar-refractivity contribution in [3.8, 4) is 5.75 Å². The second-order valence-corrected chi connectivity index (χ2v) is 5.79. The molecule has 0 radical (unpaired) electrons. The van der Waals surface area contributed by atoms with Crippen molar-refractivity contribution in [2.24, 2.45) is 5.92 Å². The number of hydrogen-bond donors (Lipinski definition) is 1. The molecule has 126 valence electrons. The van der Waals surface area contributed by atoms with Gasteiger partial charge in [-0.05, 0) is 25.0 Å². The average molecular weight is 318 g/mol. The highest BCUT2D eigenvalue weighted by Gasteiger charge is 2.27. The number of hydrogen-bond acceptors (Lipinski definition) is 3. The molecule has 1 aliphatic rings. The van der Waals surface area contributed by atoms with Gasteiger partial charge in [-0.25, -0.2) is 4.79 Å². The molecule has 1 aromatic carbocycles. The van der Waals surface area contributed by atoms with Crippen LogP contribution in [0.5, 0.6) is 5.75 Å². The number of rotatable bonds is 7. The number of carbonyl (C=O) groups is 1. The first-order valence-corrected chi connectivity index (χ1v) is 8.17. The van der Waals surface area contributed by atoms with E-state index in [1.807, 2.05) is 42.2 Å². The Labute approximate surface area is 138 Å². The van der Waals surface area contributed by atoms with Gasteiger partial charge in [0.1, 0.15) is 12.4 Å². The Hall–Kier alpha value is -2.01. The maximum absolute atomic E-state index is 12.6. The average Bonchev–Trinajstić information content (AvgIpc) is 3.03. The summed E-state index contributed by atoms with van der Waals surface area (Å²) in [6.07, 6.45) is 4.13. The number of anilines is 1. The molecule has 1 aromatic rings. The van der Waals surface area contributed by atoms with Crippen molar-refractivity contribution in [3.05, 3.63) is 36.4 Å². The van der Waals surface area contributed by atoms with E-state index in [0.717, 1.165) is 0 Å². The van der Waals surface area contributed by atoms with Gasteiger partial charge in [0.05, 0.1) is 18.3 Å². The van der Waals surface area contributed by atoms with Crippen molar-refractivity contribution in [2.45, 2.75) is 26.8 Å². The molecule has 1 heterocycles. The van der Waals surface area contributed by atoms with Gasteiger partial charge in [-0.2, -0.15) is 0 Å². The molecule has 1 atom stereocenters. The van der Waals surface area contributed by atoms with Gasteiger partial charge in [-0.3, -0.25) is 0 Å². The van der Waals surface area contributed by atoms with Crippen LogP contribution in [0.1, 0.15) is 20.8 Å². The predicted molar refractivity (Wildman–Crippen MR) is 91.9 cm³/mol. The number of urea groups is 1. The molecule has 23 heavy (non-hydrogen) atoms. The van der Waals surface area contributed by atoms with E-state index in [2.05, 4.69) is 25.2 Å². The van der Waals surface area contributed by atoms with Crippen LogP contribution in [0.4, 0.5) is 10.5 Å². The first-order valence-electron chi connectivity index (χ1n) is 8.17. The fourth-order valence-corrected chi connectivity index (χ4v) is 2.58. The number of nitrogens with zero attached hydrogens (tertiary/aromatic N) is 1. The highest BCUT2D eigenvalue weighted by molar-refractivity contribution is 5.91. The molecule has 0 fully saturated rings. The number of para-hydroxylation sites is 2. The SMILES string of the molecule is CCOCCOc1ccccc1NC(=O)N1CC=C[C@H]1C(C)C. The zero-order chi connectivity index (χ0) is 16.7. The second-order valence-electron chi connectivity index (χ2n) is 5.79. The van der Waals surface area contributed by atoms with Crippen molar-refractivity contribution < 1.29 is 14.3 Å². The van der Waals surface area contributed by atoms with Gasteiger partial charge in [-0.15, -0.1) is 0 Å². The quantitative estimate of drug-likeness (QED) is 0.618. The largest absolute Gasteiger partial charge is 0.489 e. The van der Waals surface area contributed by atoms with Crippen molar-refractivity contribution in [1.82, 2.24) is 4.90 Å². The molecular weight excluding hydrogens is 292 g/mol. The maximum Gasteiger partial charge on any atom is 0.322 e. The van der Waals surface area contributed by atoms with Crippen LogP contribution < -0.4 is 10.1 Å². The van der Waals surface area contributed by atoms with E-state index in [4.69, 9.17) is 9.47 Å². The minimum absolute atomic E-state index is 0.102. The molecule has 2 amide bonds. The summed E-state index contributed by atoms with van der Waals surface area (Å²) in [6, 6.07) is 7.51. The lowest BCUT2D eigenvalue weighted by atomic mass is 10.1. The fourth-order valence-electron chi connectivity index (χ4n) is 2.58. The summed E-state index contributed by atoms with van der Waals surface area (Å²) in [6.45, 7) is 8.48. The second kappa shape index (κ2) is 8.58. The molecule has 0 aromatic heterocycles. The van der Waals surface area contributed by atoms with E-state index in [1.54, 1.807) is 0 Å². The van der Waals surface area contributed by atoms with E-state index in [9.17, 15) is 4.79 Å². The summed E-state index contributed by atoms with van der Waals surface area (Å²) in [5.41, 5.74) is 0.684. The summed E-state index contributed by atoms with van der Waals surface area (Å²) in [7, 11) is 0. The standard InChI is InChI=1S/C18H26N2O3/c1-4-22-12-13-23-17-10-6-5-8-15(17)19-18(21)20-11-7-9-16(20)14(2)3/h5-10,14,16H,4,11-13H2,1-3H3,(H,19,21)/t16-/m0/s1. The van der Waals surface area contributed by atoms with Crippen LogP contribution in [0.3, 0.4) is 0 Å². The van der Waals surface area contributed by atoms with Crippen LogP contribution in [0, 0.1) is 5.92 Å². The van der Waals surface area contributed by atoms with E-state index in [-0.39, 0.29) is 12.1 Å². The zero-order valence-electron chi connectivity index (χ0n) is 14.1. The van der Waals surface area contributed by atoms with Crippen LogP contribution in [0.2, 0.25) is 0 Å². The molecule has 0 bridgehead atoms.